The summed E-state index contributed by atoms with van der Waals surface area (Å²) in [6, 6.07) is 0. The van der Waals surface area contributed by atoms with E-state index in [0.717, 1.165) is 37.6 Å². The van der Waals surface area contributed by atoms with Gasteiger partial charge in [-0.05, 0) is 19.3 Å². The first-order chi connectivity index (χ1) is 7.40. The fraction of sp³-hybridized carbons (Fsp3) is 0.727. The minimum Gasteiger partial charge on any atom is -0.449 e. The van der Waals surface area contributed by atoms with Gasteiger partial charge in [0.25, 0.3) is 0 Å². The van der Waals surface area contributed by atoms with Crippen LogP contribution in [0.1, 0.15) is 36.8 Å². The molecule has 0 aliphatic carbocycles. The molecule has 0 bridgehead atoms. The van der Waals surface area contributed by atoms with Crippen LogP contribution in [0, 0.1) is 0 Å². The molecule has 84 valence electrons. The molecule has 1 fully saturated rings. The van der Waals surface area contributed by atoms with Crippen LogP contribution < -0.4 is 0 Å². The van der Waals surface area contributed by atoms with Gasteiger partial charge in [0.05, 0.1) is 12.3 Å². The van der Waals surface area contributed by atoms with Gasteiger partial charge in [-0.15, -0.1) is 0 Å². The first-order valence-corrected chi connectivity index (χ1v) is 5.53. The average Bonchev–Trinajstić information content (AvgIpc) is 2.76. The van der Waals surface area contributed by atoms with Gasteiger partial charge in [0.15, 0.2) is 5.89 Å². The lowest BCUT2D eigenvalue weighted by Gasteiger charge is -2.19. The number of rotatable bonds is 4. The van der Waals surface area contributed by atoms with E-state index < -0.39 is 0 Å². The third kappa shape index (κ3) is 2.79. The molecule has 0 radical (unpaired) electrons. The Balaban J connectivity index is 1.93. The number of aliphatic hydroxyl groups is 1. The number of aromatic nitrogens is 1. The van der Waals surface area contributed by atoms with Crippen LogP contribution in [0.4, 0.5) is 0 Å². The molecule has 1 aromatic heterocycles. The molecule has 15 heavy (non-hydrogen) atoms. The van der Waals surface area contributed by atoms with Crippen LogP contribution in [0.2, 0.25) is 0 Å². The summed E-state index contributed by atoms with van der Waals surface area (Å²) in [5.74, 6) is 1.12. The molecule has 4 heteroatoms. The predicted molar refractivity (Wildman–Crippen MR) is 54.7 cm³/mol. The smallest absolute Gasteiger partial charge is 0.194 e. The van der Waals surface area contributed by atoms with Gasteiger partial charge >= 0.3 is 0 Å². The molecule has 1 atom stereocenters. The fourth-order valence-electron chi connectivity index (χ4n) is 1.83. The van der Waals surface area contributed by atoms with E-state index in [1.54, 1.807) is 6.26 Å². The maximum absolute atomic E-state index is 8.69. The molecule has 0 spiro atoms. The first-order valence-electron chi connectivity index (χ1n) is 5.53. The van der Waals surface area contributed by atoms with Gasteiger partial charge < -0.3 is 14.3 Å². The normalized spacial score (nSPS) is 21.8. The highest BCUT2D eigenvalue weighted by Gasteiger charge is 2.19. The Morgan fingerprint density at radius 1 is 1.53 bits per heavy atom. The second-order valence-corrected chi connectivity index (χ2v) is 3.91. The van der Waals surface area contributed by atoms with Crippen LogP contribution >= 0.6 is 0 Å². The van der Waals surface area contributed by atoms with Crippen molar-refractivity contribution in [2.24, 2.45) is 0 Å². The number of hydrogen-bond acceptors (Lipinski definition) is 4. The summed E-state index contributed by atoms with van der Waals surface area (Å²) in [5, 5.41) is 8.69. The van der Waals surface area contributed by atoms with E-state index >= 15 is 0 Å². The minimum absolute atomic E-state index is 0.185. The van der Waals surface area contributed by atoms with Gasteiger partial charge in [0, 0.05) is 25.6 Å². The summed E-state index contributed by atoms with van der Waals surface area (Å²) < 4.78 is 10.7. The number of aliphatic hydroxyl groups excluding tert-OH is 1. The van der Waals surface area contributed by atoms with Crippen LogP contribution in [0.25, 0.3) is 0 Å². The highest BCUT2D eigenvalue weighted by atomic mass is 16.5. The quantitative estimate of drug-likeness (QED) is 0.819. The van der Waals surface area contributed by atoms with E-state index in [9.17, 15) is 0 Å². The van der Waals surface area contributed by atoms with Gasteiger partial charge in [0.1, 0.15) is 6.26 Å². The highest BCUT2D eigenvalue weighted by molar-refractivity contribution is 5.05. The standard InChI is InChI=1S/C11H17NO3/c13-5-1-4-11-12-10(8-15-11)9-3-2-6-14-7-9/h8-9,13H,1-7H2. The average molecular weight is 211 g/mol. The van der Waals surface area contributed by atoms with E-state index in [-0.39, 0.29) is 6.61 Å². The maximum atomic E-state index is 8.69. The Morgan fingerprint density at radius 2 is 2.47 bits per heavy atom. The van der Waals surface area contributed by atoms with Crippen LogP contribution in [0.15, 0.2) is 10.7 Å². The Hall–Kier alpha value is -0.870. The minimum atomic E-state index is 0.185. The third-order valence-corrected chi connectivity index (χ3v) is 2.70. The number of oxazole rings is 1. The molecule has 1 saturated heterocycles. The Kier molecular flexibility index (Phi) is 3.75. The maximum Gasteiger partial charge on any atom is 0.194 e. The topological polar surface area (TPSA) is 55.5 Å². The van der Waals surface area contributed by atoms with E-state index in [2.05, 4.69) is 4.98 Å². The predicted octanol–water partition coefficient (Wildman–Crippen LogP) is 1.49. The van der Waals surface area contributed by atoms with Crippen molar-refractivity contribution in [3.05, 3.63) is 17.8 Å². The van der Waals surface area contributed by atoms with Crippen LogP contribution in [-0.2, 0) is 11.2 Å². The summed E-state index contributed by atoms with van der Waals surface area (Å²) in [6.45, 7) is 1.81. The fourth-order valence-corrected chi connectivity index (χ4v) is 1.83. The third-order valence-electron chi connectivity index (χ3n) is 2.70. The largest absolute Gasteiger partial charge is 0.449 e. The molecular weight excluding hydrogens is 194 g/mol. The Bertz CT molecular complexity index is 292. The summed E-state index contributed by atoms with van der Waals surface area (Å²) >= 11 is 0. The van der Waals surface area contributed by atoms with E-state index in [0.29, 0.717) is 18.8 Å². The lowest BCUT2D eigenvalue weighted by molar-refractivity contribution is 0.0792. The number of hydrogen-bond donors (Lipinski definition) is 1. The van der Waals surface area contributed by atoms with Crippen molar-refractivity contribution in [2.75, 3.05) is 19.8 Å². The lowest BCUT2D eigenvalue weighted by Crippen LogP contribution is -2.15. The summed E-state index contributed by atoms with van der Waals surface area (Å²) in [6.07, 6.45) is 5.38. The summed E-state index contributed by atoms with van der Waals surface area (Å²) in [4.78, 5) is 4.41. The molecular formula is C11H17NO3. The van der Waals surface area contributed by atoms with Crippen molar-refractivity contribution >= 4 is 0 Å². The molecule has 2 rings (SSSR count). The molecule has 1 aliphatic heterocycles. The van der Waals surface area contributed by atoms with Crippen molar-refractivity contribution in [3.63, 3.8) is 0 Å². The molecule has 1 aliphatic rings. The van der Waals surface area contributed by atoms with Gasteiger partial charge in [-0.2, -0.15) is 0 Å². The monoisotopic (exact) mass is 211 g/mol. The van der Waals surface area contributed by atoms with E-state index in [1.165, 1.54) is 0 Å². The Labute approximate surface area is 89.3 Å². The zero-order valence-corrected chi connectivity index (χ0v) is 8.82. The second-order valence-electron chi connectivity index (χ2n) is 3.91. The van der Waals surface area contributed by atoms with Gasteiger partial charge in [-0.1, -0.05) is 0 Å². The molecule has 1 aromatic rings. The first kappa shape index (κ1) is 10.6. The van der Waals surface area contributed by atoms with Crippen molar-refractivity contribution in [1.82, 2.24) is 4.98 Å². The molecule has 2 heterocycles. The number of ether oxygens (including phenoxy) is 1. The zero-order valence-electron chi connectivity index (χ0n) is 8.82. The van der Waals surface area contributed by atoms with Gasteiger partial charge in [-0.25, -0.2) is 4.98 Å². The number of aryl methyl sites for hydroxylation is 1. The second kappa shape index (κ2) is 5.28. The van der Waals surface area contributed by atoms with Crippen molar-refractivity contribution in [3.8, 4) is 0 Å². The van der Waals surface area contributed by atoms with Gasteiger partial charge in [-0.3, -0.25) is 0 Å². The molecule has 4 nitrogen and oxygen atoms in total. The summed E-state index contributed by atoms with van der Waals surface area (Å²) in [7, 11) is 0. The molecule has 0 saturated carbocycles. The lowest BCUT2D eigenvalue weighted by atomic mass is 10.00. The SMILES string of the molecule is OCCCc1nc(C2CCCOC2)co1. The van der Waals surface area contributed by atoms with Crippen molar-refractivity contribution < 1.29 is 14.3 Å². The van der Waals surface area contributed by atoms with Crippen molar-refractivity contribution in [1.29, 1.82) is 0 Å². The van der Waals surface area contributed by atoms with E-state index in [4.69, 9.17) is 14.3 Å². The Morgan fingerprint density at radius 3 is 3.20 bits per heavy atom. The molecule has 1 N–H and O–H groups in total. The van der Waals surface area contributed by atoms with Crippen LogP contribution in [-0.4, -0.2) is 29.9 Å². The zero-order chi connectivity index (χ0) is 10.5. The summed E-state index contributed by atoms with van der Waals surface area (Å²) in [5.41, 5.74) is 1.00. The number of nitrogens with zero attached hydrogens (tertiary/aromatic N) is 1. The highest BCUT2D eigenvalue weighted by Crippen LogP contribution is 2.24. The van der Waals surface area contributed by atoms with Crippen LogP contribution in [0.5, 0.6) is 0 Å². The molecule has 0 aromatic carbocycles. The van der Waals surface area contributed by atoms with E-state index in [1.807, 2.05) is 0 Å². The van der Waals surface area contributed by atoms with Gasteiger partial charge in [0.2, 0.25) is 0 Å². The van der Waals surface area contributed by atoms with Crippen LogP contribution in [0.3, 0.4) is 0 Å². The van der Waals surface area contributed by atoms with Crippen molar-refractivity contribution in [2.45, 2.75) is 31.6 Å². The molecule has 1 unspecified atom stereocenters. The molecule has 0 amide bonds.